The van der Waals surface area contributed by atoms with Crippen LogP contribution in [0.3, 0.4) is 0 Å². The van der Waals surface area contributed by atoms with Crippen molar-refractivity contribution < 1.29 is 23.9 Å². The van der Waals surface area contributed by atoms with E-state index < -0.39 is 12.1 Å². The highest BCUT2D eigenvalue weighted by Gasteiger charge is 2.28. The van der Waals surface area contributed by atoms with E-state index in [1.807, 2.05) is 6.92 Å². The fraction of sp³-hybridized carbons (Fsp3) is 0.333. The predicted octanol–water partition coefficient (Wildman–Crippen LogP) is 3.98. The molecule has 0 radical (unpaired) electrons. The van der Waals surface area contributed by atoms with Crippen LogP contribution in [0.2, 0.25) is 0 Å². The van der Waals surface area contributed by atoms with Crippen LogP contribution in [0.4, 0.5) is 11.4 Å². The number of rotatable bonds is 8. The summed E-state index contributed by atoms with van der Waals surface area (Å²) < 4.78 is 5.42. The average molecular weight is 422 g/mol. The third-order valence-corrected chi connectivity index (χ3v) is 5.07. The number of amides is 2. The van der Waals surface area contributed by atoms with Crippen molar-refractivity contribution in [1.82, 2.24) is 0 Å². The smallest absolute Gasteiger partial charge is 0.340 e. The zero-order valence-electron chi connectivity index (χ0n) is 17.7. The molecule has 0 aliphatic carbocycles. The standard InChI is InChI=1S/C24H26N2O5/c1-3-7-21(27)25-18-13-11-17(12-14-18)23(29)16(2)31-24(30)19-8-4-5-9-20(19)26-15-6-10-22(26)28/h4-5,8-9,11-14,16H,3,6-7,10,15H2,1-2H3,(H,25,27)/t16-/m1/s1. The van der Waals surface area contributed by atoms with E-state index in [2.05, 4.69) is 5.32 Å². The van der Waals surface area contributed by atoms with Gasteiger partial charge in [-0.25, -0.2) is 4.79 Å². The molecule has 1 fully saturated rings. The fourth-order valence-corrected chi connectivity index (χ4v) is 3.47. The van der Waals surface area contributed by atoms with Crippen LogP contribution in [-0.4, -0.2) is 36.2 Å². The third kappa shape index (κ3) is 5.36. The Kier molecular flexibility index (Phi) is 7.18. The number of nitrogens with one attached hydrogen (secondary N) is 1. The molecule has 0 spiro atoms. The maximum atomic E-state index is 12.8. The lowest BCUT2D eigenvalue weighted by atomic mass is 10.1. The van der Waals surface area contributed by atoms with Gasteiger partial charge in [-0.2, -0.15) is 0 Å². The minimum absolute atomic E-state index is 0.0320. The molecule has 0 bridgehead atoms. The Hall–Kier alpha value is -3.48. The summed E-state index contributed by atoms with van der Waals surface area (Å²) in [5, 5.41) is 2.76. The van der Waals surface area contributed by atoms with E-state index in [1.165, 1.54) is 6.92 Å². The largest absolute Gasteiger partial charge is 0.451 e. The molecule has 0 aromatic heterocycles. The number of para-hydroxylation sites is 1. The Labute approximate surface area is 181 Å². The van der Waals surface area contributed by atoms with E-state index in [1.54, 1.807) is 53.4 Å². The first-order chi connectivity index (χ1) is 14.9. The first kappa shape index (κ1) is 22.2. The van der Waals surface area contributed by atoms with E-state index in [0.29, 0.717) is 36.3 Å². The third-order valence-electron chi connectivity index (χ3n) is 5.07. The van der Waals surface area contributed by atoms with Crippen molar-refractivity contribution in [3.8, 4) is 0 Å². The number of ether oxygens (including phenoxy) is 1. The van der Waals surface area contributed by atoms with E-state index in [9.17, 15) is 19.2 Å². The number of Topliss-reactive ketones (excluding diaryl/α,β-unsaturated/α-hetero) is 1. The number of carbonyl (C=O) groups excluding carboxylic acids is 4. The fourth-order valence-electron chi connectivity index (χ4n) is 3.47. The van der Waals surface area contributed by atoms with Crippen molar-refractivity contribution in [2.24, 2.45) is 0 Å². The molecule has 1 aliphatic rings. The number of esters is 1. The lowest BCUT2D eigenvalue weighted by molar-refractivity contribution is -0.117. The summed E-state index contributed by atoms with van der Waals surface area (Å²) in [5.74, 6) is -1.12. The van der Waals surface area contributed by atoms with Crippen molar-refractivity contribution in [2.75, 3.05) is 16.8 Å². The van der Waals surface area contributed by atoms with Crippen LogP contribution in [0.15, 0.2) is 48.5 Å². The van der Waals surface area contributed by atoms with Crippen LogP contribution in [0, 0.1) is 0 Å². The molecule has 2 amide bonds. The monoisotopic (exact) mass is 422 g/mol. The normalized spacial score (nSPS) is 14.3. The molecule has 1 heterocycles. The number of hydrogen-bond donors (Lipinski definition) is 1. The maximum Gasteiger partial charge on any atom is 0.340 e. The molecular formula is C24H26N2O5. The molecule has 1 saturated heterocycles. The number of benzene rings is 2. The summed E-state index contributed by atoms with van der Waals surface area (Å²) in [7, 11) is 0. The minimum Gasteiger partial charge on any atom is -0.451 e. The number of nitrogens with zero attached hydrogens (tertiary/aromatic N) is 1. The molecule has 7 nitrogen and oxygen atoms in total. The lowest BCUT2D eigenvalue weighted by Crippen LogP contribution is -2.28. The summed E-state index contributed by atoms with van der Waals surface area (Å²) in [6, 6.07) is 13.2. The molecule has 3 rings (SSSR count). The number of carbonyl (C=O) groups is 4. The summed E-state index contributed by atoms with van der Waals surface area (Å²) >= 11 is 0. The van der Waals surface area contributed by atoms with Gasteiger partial charge in [0.05, 0.1) is 11.3 Å². The van der Waals surface area contributed by atoms with Gasteiger partial charge in [0.25, 0.3) is 0 Å². The van der Waals surface area contributed by atoms with E-state index in [-0.39, 0.29) is 23.2 Å². The van der Waals surface area contributed by atoms with E-state index in [4.69, 9.17) is 4.74 Å². The summed E-state index contributed by atoms with van der Waals surface area (Å²) in [4.78, 5) is 50.8. The minimum atomic E-state index is -1.00. The molecule has 0 unspecified atom stereocenters. The van der Waals surface area contributed by atoms with Crippen LogP contribution in [0.5, 0.6) is 0 Å². The highest BCUT2D eigenvalue weighted by atomic mass is 16.5. The second kappa shape index (κ2) is 10.0. The van der Waals surface area contributed by atoms with Crippen molar-refractivity contribution >= 4 is 34.9 Å². The Bertz CT molecular complexity index is 984. The second-order valence-corrected chi connectivity index (χ2v) is 7.45. The first-order valence-corrected chi connectivity index (χ1v) is 10.4. The molecule has 0 saturated carbocycles. The Morgan fingerprint density at radius 3 is 2.45 bits per heavy atom. The zero-order chi connectivity index (χ0) is 22.4. The number of anilines is 2. The molecule has 1 atom stereocenters. The average Bonchev–Trinajstić information content (AvgIpc) is 3.19. The molecule has 31 heavy (non-hydrogen) atoms. The van der Waals surface area contributed by atoms with Gasteiger partial charge in [-0.1, -0.05) is 19.1 Å². The number of ketones is 1. The van der Waals surface area contributed by atoms with Gasteiger partial charge in [-0.3, -0.25) is 14.4 Å². The molecule has 1 aliphatic heterocycles. The van der Waals surface area contributed by atoms with Gasteiger partial charge in [-0.05, 0) is 56.2 Å². The van der Waals surface area contributed by atoms with Gasteiger partial charge in [0.1, 0.15) is 0 Å². The number of hydrogen-bond acceptors (Lipinski definition) is 5. The van der Waals surface area contributed by atoms with Gasteiger partial charge in [0.2, 0.25) is 17.6 Å². The van der Waals surface area contributed by atoms with Crippen molar-refractivity contribution in [1.29, 1.82) is 0 Å². The molecular weight excluding hydrogens is 396 g/mol. The van der Waals surface area contributed by atoms with Gasteiger partial charge in [0.15, 0.2) is 6.10 Å². The lowest BCUT2D eigenvalue weighted by Gasteiger charge is -2.20. The zero-order valence-corrected chi connectivity index (χ0v) is 17.7. The van der Waals surface area contributed by atoms with Crippen LogP contribution >= 0.6 is 0 Å². The Morgan fingerprint density at radius 1 is 1.10 bits per heavy atom. The predicted molar refractivity (Wildman–Crippen MR) is 117 cm³/mol. The first-order valence-electron chi connectivity index (χ1n) is 10.4. The van der Waals surface area contributed by atoms with Crippen LogP contribution < -0.4 is 10.2 Å². The van der Waals surface area contributed by atoms with Crippen molar-refractivity contribution in [2.45, 2.75) is 45.6 Å². The van der Waals surface area contributed by atoms with Gasteiger partial charge >= 0.3 is 5.97 Å². The van der Waals surface area contributed by atoms with E-state index >= 15 is 0 Å². The SMILES string of the molecule is CCCC(=O)Nc1ccc(C(=O)[C@@H](C)OC(=O)c2ccccc2N2CCCC2=O)cc1. The maximum absolute atomic E-state index is 12.8. The molecule has 2 aromatic rings. The highest BCUT2D eigenvalue weighted by Crippen LogP contribution is 2.26. The quantitative estimate of drug-likeness (QED) is 0.513. The van der Waals surface area contributed by atoms with Gasteiger partial charge in [-0.15, -0.1) is 0 Å². The van der Waals surface area contributed by atoms with Crippen molar-refractivity contribution in [3.63, 3.8) is 0 Å². The summed E-state index contributed by atoms with van der Waals surface area (Å²) in [6.07, 6.45) is 1.37. The van der Waals surface area contributed by atoms with Crippen molar-refractivity contribution in [3.05, 3.63) is 59.7 Å². The highest BCUT2D eigenvalue weighted by molar-refractivity contribution is 6.05. The van der Waals surface area contributed by atoms with Crippen LogP contribution in [-0.2, 0) is 14.3 Å². The molecule has 7 heteroatoms. The molecule has 1 N–H and O–H groups in total. The molecule has 162 valence electrons. The second-order valence-electron chi connectivity index (χ2n) is 7.45. The van der Waals surface area contributed by atoms with Crippen LogP contribution in [0.25, 0.3) is 0 Å². The van der Waals surface area contributed by atoms with Crippen LogP contribution in [0.1, 0.15) is 60.2 Å². The Balaban J connectivity index is 1.67. The topological polar surface area (TPSA) is 92.8 Å². The van der Waals surface area contributed by atoms with Gasteiger partial charge < -0.3 is 15.0 Å². The van der Waals surface area contributed by atoms with E-state index in [0.717, 1.165) is 12.8 Å². The summed E-state index contributed by atoms with van der Waals surface area (Å²) in [5.41, 5.74) is 1.73. The summed E-state index contributed by atoms with van der Waals surface area (Å²) in [6.45, 7) is 3.99. The molecule has 2 aromatic carbocycles. The Morgan fingerprint density at radius 2 is 1.81 bits per heavy atom. The van der Waals surface area contributed by atoms with Gasteiger partial charge in [0, 0.05) is 30.6 Å².